The lowest BCUT2D eigenvalue weighted by atomic mass is 10.1. The Bertz CT molecular complexity index is 460. The highest BCUT2D eigenvalue weighted by atomic mass is 16.5. The van der Waals surface area contributed by atoms with Gasteiger partial charge in [-0.05, 0) is 38.8 Å². The summed E-state index contributed by atoms with van der Waals surface area (Å²) in [7, 11) is 0. The van der Waals surface area contributed by atoms with Gasteiger partial charge in [0.05, 0.1) is 6.61 Å². The highest BCUT2D eigenvalue weighted by Crippen LogP contribution is 2.24. The van der Waals surface area contributed by atoms with E-state index in [0.717, 1.165) is 42.3 Å². The van der Waals surface area contributed by atoms with Crippen LogP contribution in [0.2, 0.25) is 0 Å². The zero-order valence-corrected chi connectivity index (χ0v) is 13.0. The SMILES string of the molecule is Cc1cc(C)c(OCC2CN(C(C)C)CCO2)cc1N. The van der Waals surface area contributed by atoms with Crippen molar-refractivity contribution >= 4 is 5.69 Å². The van der Waals surface area contributed by atoms with E-state index >= 15 is 0 Å². The van der Waals surface area contributed by atoms with Crippen molar-refractivity contribution < 1.29 is 9.47 Å². The van der Waals surface area contributed by atoms with E-state index in [1.807, 2.05) is 19.9 Å². The van der Waals surface area contributed by atoms with E-state index in [-0.39, 0.29) is 6.10 Å². The third-order valence-electron chi connectivity index (χ3n) is 3.89. The number of benzene rings is 1. The molecule has 0 aliphatic carbocycles. The predicted octanol–water partition coefficient (Wildman–Crippen LogP) is 2.37. The first-order chi connectivity index (χ1) is 9.47. The topological polar surface area (TPSA) is 47.7 Å². The minimum absolute atomic E-state index is 0.132. The van der Waals surface area contributed by atoms with Gasteiger partial charge in [0, 0.05) is 30.9 Å². The fourth-order valence-corrected chi connectivity index (χ4v) is 2.50. The van der Waals surface area contributed by atoms with Crippen LogP contribution in [-0.2, 0) is 4.74 Å². The monoisotopic (exact) mass is 278 g/mol. The molecule has 0 bridgehead atoms. The van der Waals surface area contributed by atoms with Crippen LogP contribution < -0.4 is 10.5 Å². The van der Waals surface area contributed by atoms with Crippen LogP contribution >= 0.6 is 0 Å². The number of morpholine rings is 1. The summed E-state index contributed by atoms with van der Waals surface area (Å²) in [6, 6.07) is 4.53. The van der Waals surface area contributed by atoms with Gasteiger partial charge in [-0.25, -0.2) is 0 Å². The van der Waals surface area contributed by atoms with Gasteiger partial charge >= 0.3 is 0 Å². The van der Waals surface area contributed by atoms with E-state index < -0.39 is 0 Å². The molecule has 1 heterocycles. The van der Waals surface area contributed by atoms with Crippen molar-refractivity contribution in [3.05, 3.63) is 23.3 Å². The maximum atomic E-state index is 5.94. The molecule has 0 aromatic heterocycles. The Morgan fingerprint density at radius 3 is 2.80 bits per heavy atom. The summed E-state index contributed by atoms with van der Waals surface area (Å²) >= 11 is 0. The Balaban J connectivity index is 1.93. The normalized spacial score (nSPS) is 20.4. The molecule has 1 saturated heterocycles. The summed E-state index contributed by atoms with van der Waals surface area (Å²) in [5.41, 5.74) is 8.93. The molecule has 1 unspecified atom stereocenters. The lowest BCUT2D eigenvalue weighted by Gasteiger charge is -2.35. The van der Waals surface area contributed by atoms with Crippen LogP contribution in [0, 0.1) is 13.8 Å². The third kappa shape index (κ3) is 3.64. The van der Waals surface area contributed by atoms with Gasteiger partial charge in [-0.1, -0.05) is 6.07 Å². The Morgan fingerprint density at radius 1 is 1.35 bits per heavy atom. The zero-order valence-electron chi connectivity index (χ0n) is 13.0. The summed E-state index contributed by atoms with van der Waals surface area (Å²) in [4.78, 5) is 2.42. The van der Waals surface area contributed by atoms with Gasteiger partial charge in [-0.3, -0.25) is 4.90 Å². The van der Waals surface area contributed by atoms with Crippen LogP contribution in [0.25, 0.3) is 0 Å². The summed E-state index contributed by atoms with van der Waals surface area (Å²) in [6.07, 6.45) is 0.132. The van der Waals surface area contributed by atoms with Crippen molar-refractivity contribution in [2.75, 3.05) is 32.0 Å². The van der Waals surface area contributed by atoms with Crippen molar-refractivity contribution in [2.24, 2.45) is 0 Å². The summed E-state index contributed by atoms with van der Waals surface area (Å²) in [5.74, 6) is 0.860. The van der Waals surface area contributed by atoms with Gasteiger partial charge in [0.15, 0.2) is 0 Å². The molecule has 0 spiro atoms. The fraction of sp³-hybridized carbons (Fsp3) is 0.625. The number of hydrogen-bond donors (Lipinski definition) is 1. The summed E-state index contributed by atoms with van der Waals surface area (Å²) < 4.78 is 11.7. The van der Waals surface area contributed by atoms with Crippen molar-refractivity contribution in [3.8, 4) is 5.75 Å². The largest absolute Gasteiger partial charge is 0.490 e. The van der Waals surface area contributed by atoms with E-state index in [2.05, 4.69) is 24.8 Å². The molecule has 1 aliphatic heterocycles. The Morgan fingerprint density at radius 2 is 2.10 bits per heavy atom. The number of anilines is 1. The maximum absolute atomic E-state index is 5.94. The molecular formula is C16H26N2O2. The molecule has 112 valence electrons. The van der Waals surface area contributed by atoms with Crippen LogP contribution in [0.1, 0.15) is 25.0 Å². The molecule has 4 heteroatoms. The van der Waals surface area contributed by atoms with Gasteiger partial charge < -0.3 is 15.2 Å². The molecular weight excluding hydrogens is 252 g/mol. The van der Waals surface area contributed by atoms with Gasteiger partial charge in [0.2, 0.25) is 0 Å². The van der Waals surface area contributed by atoms with Gasteiger partial charge in [-0.15, -0.1) is 0 Å². The first kappa shape index (κ1) is 15.1. The number of nitrogens with two attached hydrogens (primary N) is 1. The Labute approximate surface area is 121 Å². The minimum atomic E-state index is 0.132. The predicted molar refractivity (Wildman–Crippen MR) is 82.3 cm³/mol. The standard InChI is InChI=1S/C16H26N2O2/c1-11(2)18-5-6-19-14(9-18)10-20-16-8-15(17)12(3)7-13(16)4/h7-8,11,14H,5-6,9-10,17H2,1-4H3. The second-order valence-corrected chi connectivity index (χ2v) is 5.87. The summed E-state index contributed by atoms with van der Waals surface area (Å²) in [6.45, 7) is 11.8. The van der Waals surface area contributed by atoms with E-state index in [4.69, 9.17) is 15.2 Å². The number of hydrogen-bond acceptors (Lipinski definition) is 4. The van der Waals surface area contributed by atoms with E-state index in [0.29, 0.717) is 12.6 Å². The van der Waals surface area contributed by atoms with Crippen LogP contribution in [0.4, 0.5) is 5.69 Å². The molecule has 1 aromatic rings. The number of nitrogen functional groups attached to an aromatic ring is 1. The average Bonchev–Trinajstić information content (AvgIpc) is 2.41. The highest BCUT2D eigenvalue weighted by molar-refractivity contribution is 5.54. The molecule has 1 atom stereocenters. The first-order valence-electron chi connectivity index (χ1n) is 7.32. The maximum Gasteiger partial charge on any atom is 0.124 e. The number of ether oxygens (including phenoxy) is 2. The molecule has 1 fully saturated rings. The van der Waals surface area contributed by atoms with Crippen LogP contribution in [-0.4, -0.2) is 43.3 Å². The lowest BCUT2D eigenvalue weighted by molar-refractivity contribution is -0.0565. The van der Waals surface area contributed by atoms with Crippen molar-refractivity contribution in [2.45, 2.75) is 39.8 Å². The molecule has 1 aliphatic rings. The highest BCUT2D eigenvalue weighted by Gasteiger charge is 2.22. The Hall–Kier alpha value is -1.26. The van der Waals surface area contributed by atoms with Crippen molar-refractivity contribution in [3.63, 3.8) is 0 Å². The fourth-order valence-electron chi connectivity index (χ4n) is 2.50. The van der Waals surface area contributed by atoms with Crippen molar-refractivity contribution in [1.82, 2.24) is 4.90 Å². The molecule has 1 aromatic carbocycles. The Kier molecular flexibility index (Phi) is 4.89. The van der Waals surface area contributed by atoms with Crippen LogP contribution in [0.3, 0.4) is 0 Å². The first-order valence-corrected chi connectivity index (χ1v) is 7.32. The zero-order chi connectivity index (χ0) is 14.7. The lowest BCUT2D eigenvalue weighted by Crippen LogP contribution is -2.47. The van der Waals surface area contributed by atoms with E-state index in [1.165, 1.54) is 0 Å². The molecule has 0 amide bonds. The van der Waals surface area contributed by atoms with Gasteiger partial charge in [0.25, 0.3) is 0 Å². The molecule has 0 saturated carbocycles. The van der Waals surface area contributed by atoms with Crippen LogP contribution in [0.15, 0.2) is 12.1 Å². The molecule has 0 radical (unpaired) electrons. The van der Waals surface area contributed by atoms with E-state index in [9.17, 15) is 0 Å². The second kappa shape index (κ2) is 6.46. The quantitative estimate of drug-likeness (QED) is 0.859. The van der Waals surface area contributed by atoms with E-state index in [1.54, 1.807) is 0 Å². The number of rotatable bonds is 4. The van der Waals surface area contributed by atoms with Crippen molar-refractivity contribution in [1.29, 1.82) is 0 Å². The van der Waals surface area contributed by atoms with Gasteiger partial charge in [0.1, 0.15) is 18.5 Å². The minimum Gasteiger partial charge on any atom is -0.490 e. The average molecular weight is 278 g/mol. The number of nitrogens with zero attached hydrogens (tertiary/aromatic N) is 1. The van der Waals surface area contributed by atoms with Crippen LogP contribution in [0.5, 0.6) is 5.75 Å². The molecule has 20 heavy (non-hydrogen) atoms. The van der Waals surface area contributed by atoms with Gasteiger partial charge in [-0.2, -0.15) is 0 Å². The summed E-state index contributed by atoms with van der Waals surface area (Å²) in [5, 5.41) is 0. The molecule has 2 rings (SSSR count). The molecule has 2 N–H and O–H groups in total. The molecule has 4 nitrogen and oxygen atoms in total. The second-order valence-electron chi connectivity index (χ2n) is 5.87. The third-order valence-corrected chi connectivity index (χ3v) is 3.89. The number of aryl methyl sites for hydroxylation is 2. The smallest absolute Gasteiger partial charge is 0.124 e.